The minimum absolute atomic E-state index is 0.132. The van der Waals surface area contributed by atoms with Gasteiger partial charge < -0.3 is 9.88 Å². The first-order valence-electron chi connectivity index (χ1n) is 8.03. The molecule has 3 heterocycles. The number of fused-ring (bicyclic) bond motifs is 4. The molecule has 118 valence electrons. The van der Waals surface area contributed by atoms with Crippen molar-refractivity contribution in [1.29, 1.82) is 0 Å². The summed E-state index contributed by atoms with van der Waals surface area (Å²) in [5.41, 5.74) is 4.27. The maximum atomic E-state index is 12.9. The number of hydrogen-bond acceptors (Lipinski definition) is 4. The minimum Gasteiger partial charge on any atom is -0.377 e. The first-order chi connectivity index (χ1) is 11.7. The van der Waals surface area contributed by atoms with Gasteiger partial charge >= 0.3 is 0 Å². The van der Waals surface area contributed by atoms with E-state index >= 15 is 0 Å². The van der Waals surface area contributed by atoms with Crippen molar-refractivity contribution in [3.63, 3.8) is 0 Å². The second-order valence-corrected chi connectivity index (χ2v) is 6.43. The fourth-order valence-electron chi connectivity index (χ4n) is 4.01. The van der Waals surface area contributed by atoms with Gasteiger partial charge in [-0.2, -0.15) is 0 Å². The van der Waals surface area contributed by atoms with Crippen LogP contribution in [0.5, 0.6) is 0 Å². The summed E-state index contributed by atoms with van der Waals surface area (Å²) in [5, 5.41) is 3.55. The molecule has 2 aliphatic carbocycles. The summed E-state index contributed by atoms with van der Waals surface area (Å²) in [4.78, 5) is 29.8. The molecule has 5 rings (SSSR count). The molecule has 0 spiro atoms. The molecule has 2 atom stereocenters. The number of carbonyl (C=O) groups is 1. The molecule has 0 saturated heterocycles. The molecule has 5 heteroatoms. The highest BCUT2D eigenvalue weighted by Gasteiger charge is 2.41. The zero-order chi connectivity index (χ0) is 16.4. The van der Waals surface area contributed by atoms with Gasteiger partial charge in [0.25, 0.3) is 5.56 Å². The third-order valence-corrected chi connectivity index (χ3v) is 5.15. The van der Waals surface area contributed by atoms with Gasteiger partial charge in [0, 0.05) is 36.6 Å². The Morgan fingerprint density at radius 2 is 2.12 bits per heavy atom. The Balaban J connectivity index is 1.86. The summed E-state index contributed by atoms with van der Waals surface area (Å²) >= 11 is 0. The van der Waals surface area contributed by atoms with Crippen molar-refractivity contribution in [2.45, 2.75) is 18.4 Å². The van der Waals surface area contributed by atoms with E-state index in [4.69, 9.17) is 0 Å². The molecular formula is C19H15N3O2. The molecule has 2 aromatic rings. The highest BCUT2D eigenvalue weighted by molar-refractivity contribution is 6.11. The first kappa shape index (κ1) is 13.5. The Morgan fingerprint density at radius 3 is 3.00 bits per heavy atom. The minimum atomic E-state index is -0.270. The zero-order valence-corrected chi connectivity index (χ0v) is 13.1. The van der Waals surface area contributed by atoms with Gasteiger partial charge in [0.15, 0.2) is 0 Å². The molecule has 24 heavy (non-hydrogen) atoms. The predicted molar refractivity (Wildman–Crippen MR) is 88.9 cm³/mol. The van der Waals surface area contributed by atoms with Crippen LogP contribution in [0.3, 0.4) is 0 Å². The number of rotatable bonds is 0. The molecule has 2 aromatic heterocycles. The van der Waals surface area contributed by atoms with Crippen molar-refractivity contribution in [3.05, 3.63) is 86.8 Å². The Morgan fingerprint density at radius 1 is 1.25 bits per heavy atom. The lowest BCUT2D eigenvalue weighted by molar-refractivity contribution is 0.102. The number of hydrogen-bond donors (Lipinski definition) is 1. The van der Waals surface area contributed by atoms with Crippen LogP contribution in [0, 0.1) is 0 Å². The van der Waals surface area contributed by atoms with E-state index in [9.17, 15) is 9.59 Å². The van der Waals surface area contributed by atoms with E-state index in [2.05, 4.69) is 28.5 Å². The molecule has 2 unspecified atom stereocenters. The first-order valence-corrected chi connectivity index (χ1v) is 8.03. The fraction of sp³-hybridized carbons (Fsp3) is 0.211. The third-order valence-electron chi connectivity index (χ3n) is 5.15. The molecule has 5 nitrogen and oxygen atoms in total. The molecule has 1 N–H and O–H groups in total. The monoisotopic (exact) mass is 317 g/mol. The molecule has 3 aliphatic rings. The molecule has 0 saturated carbocycles. The summed E-state index contributed by atoms with van der Waals surface area (Å²) in [6, 6.07) is 3.66. The number of carbonyl (C=O) groups excluding carboxylic acids is 1. The highest BCUT2D eigenvalue weighted by Crippen LogP contribution is 2.44. The van der Waals surface area contributed by atoms with Crippen LogP contribution in [0.1, 0.15) is 51.1 Å². The number of aryl methyl sites for hydroxylation is 1. The van der Waals surface area contributed by atoms with Crippen LogP contribution >= 0.6 is 0 Å². The number of allylic oxidation sites excluding steroid dienone is 3. The number of pyridine rings is 2. The van der Waals surface area contributed by atoms with E-state index in [1.807, 2.05) is 12.1 Å². The van der Waals surface area contributed by atoms with Crippen LogP contribution in [0.4, 0.5) is 0 Å². The lowest BCUT2D eigenvalue weighted by Gasteiger charge is -2.39. The van der Waals surface area contributed by atoms with Crippen LogP contribution in [-0.4, -0.2) is 15.3 Å². The van der Waals surface area contributed by atoms with Crippen LogP contribution in [-0.2, 0) is 7.05 Å². The van der Waals surface area contributed by atoms with Gasteiger partial charge in [-0.05, 0) is 29.7 Å². The molecular weight excluding hydrogens is 302 g/mol. The van der Waals surface area contributed by atoms with E-state index in [0.29, 0.717) is 5.69 Å². The smallest absolute Gasteiger partial charge is 0.261 e. The average Bonchev–Trinajstić information content (AvgIpc) is 2.61. The van der Waals surface area contributed by atoms with Crippen molar-refractivity contribution in [2.24, 2.45) is 7.05 Å². The van der Waals surface area contributed by atoms with E-state index in [1.54, 1.807) is 19.4 Å². The van der Waals surface area contributed by atoms with Gasteiger partial charge in [0.05, 0.1) is 11.6 Å². The largest absolute Gasteiger partial charge is 0.377 e. The molecule has 0 amide bonds. The molecule has 1 aliphatic heterocycles. The number of nitrogens with one attached hydrogen (secondary N) is 1. The predicted octanol–water partition coefficient (Wildman–Crippen LogP) is 1.94. The fourth-order valence-corrected chi connectivity index (χ4v) is 4.01. The maximum absolute atomic E-state index is 12.9. The summed E-state index contributed by atoms with van der Waals surface area (Å²) < 4.78 is 1.44. The van der Waals surface area contributed by atoms with E-state index in [0.717, 1.165) is 28.8 Å². The topological polar surface area (TPSA) is 64.0 Å². The summed E-state index contributed by atoms with van der Waals surface area (Å²) in [6.07, 6.45) is 10.8. The van der Waals surface area contributed by atoms with Gasteiger partial charge in [-0.25, -0.2) is 0 Å². The second kappa shape index (κ2) is 4.54. The van der Waals surface area contributed by atoms with Gasteiger partial charge in [-0.3, -0.25) is 14.6 Å². The van der Waals surface area contributed by atoms with Crippen molar-refractivity contribution in [3.8, 4) is 0 Å². The normalized spacial score (nSPS) is 22.9. The second-order valence-electron chi connectivity index (χ2n) is 6.43. The lowest BCUT2D eigenvalue weighted by Crippen LogP contribution is -2.40. The van der Waals surface area contributed by atoms with Crippen LogP contribution < -0.4 is 10.9 Å². The van der Waals surface area contributed by atoms with Gasteiger partial charge in [0.2, 0.25) is 5.78 Å². The van der Waals surface area contributed by atoms with Crippen molar-refractivity contribution in [1.82, 2.24) is 14.9 Å². The number of ketones is 1. The average molecular weight is 317 g/mol. The zero-order valence-electron chi connectivity index (χ0n) is 13.1. The van der Waals surface area contributed by atoms with Crippen molar-refractivity contribution < 1.29 is 4.79 Å². The van der Waals surface area contributed by atoms with Gasteiger partial charge in [-0.15, -0.1) is 0 Å². The number of nitrogens with zero attached hydrogens (tertiary/aromatic N) is 2. The summed E-state index contributed by atoms with van der Waals surface area (Å²) in [5.74, 6) is -0.138. The Labute approximate surface area is 138 Å². The SMILES string of the molecule is Cn1ccc2c(c1=O)C(=O)c1nccc3c1C2NC1=CCC=CC13. The maximum Gasteiger partial charge on any atom is 0.261 e. The molecule has 0 aromatic carbocycles. The van der Waals surface area contributed by atoms with Crippen molar-refractivity contribution >= 4 is 5.78 Å². The highest BCUT2D eigenvalue weighted by atomic mass is 16.1. The van der Waals surface area contributed by atoms with Gasteiger partial charge in [0.1, 0.15) is 5.69 Å². The third kappa shape index (κ3) is 1.56. The van der Waals surface area contributed by atoms with Crippen molar-refractivity contribution in [2.75, 3.05) is 0 Å². The van der Waals surface area contributed by atoms with E-state index in [1.165, 1.54) is 4.57 Å². The molecule has 0 bridgehead atoms. The lowest BCUT2D eigenvalue weighted by atomic mass is 9.75. The van der Waals surface area contributed by atoms with Crippen LogP contribution in [0.25, 0.3) is 0 Å². The molecule has 0 radical (unpaired) electrons. The Hall–Kier alpha value is -2.95. The van der Waals surface area contributed by atoms with E-state index < -0.39 is 0 Å². The summed E-state index contributed by atoms with van der Waals surface area (Å²) in [7, 11) is 1.66. The summed E-state index contributed by atoms with van der Waals surface area (Å²) in [6.45, 7) is 0. The molecule has 0 fully saturated rings. The quantitative estimate of drug-likeness (QED) is 0.754. The van der Waals surface area contributed by atoms with E-state index in [-0.39, 0.29) is 28.9 Å². The Bertz CT molecular complexity index is 1030. The van der Waals surface area contributed by atoms with Crippen LogP contribution in [0.2, 0.25) is 0 Å². The standard InChI is InChI=1S/C19H15N3O2/c1-22-9-7-12-15(19(22)24)18(23)17-14-11(6-8-20-17)10-4-2-3-5-13(10)21-16(12)14/h2,4-10,16,21H,3H2,1H3. The Kier molecular flexibility index (Phi) is 2.55. The van der Waals surface area contributed by atoms with Gasteiger partial charge in [-0.1, -0.05) is 18.2 Å². The van der Waals surface area contributed by atoms with Crippen LogP contribution in [0.15, 0.2) is 53.2 Å². The number of aromatic nitrogens is 2.